The first kappa shape index (κ1) is 21.6. The van der Waals surface area contributed by atoms with Crippen LogP contribution in [0.2, 0.25) is 0 Å². The highest BCUT2D eigenvalue weighted by atomic mass is 19.1. The van der Waals surface area contributed by atoms with Crippen LogP contribution < -0.4 is 0 Å². The Kier molecular flexibility index (Phi) is 8.50. The molecule has 0 saturated carbocycles. The van der Waals surface area contributed by atoms with Gasteiger partial charge in [-0.1, -0.05) is 81.8 Å². The molecule has 2 aromatic carbocycles. The molecule has 1 unspecified atom stereocenters. The van der Waals surface area contributed by atoms with E-state index in [0.717, 1.165) is 17.5 Å². The smallest absolute Gasteiger partial charge is 0.123 e. The molecule has 2 rings (SSSR count). The topological polar surface area (TPSA) is 9.23 Å². The Morgan fingerprint density at radius 3 is 1.89 bits per heavy atom. The van der Waals surface area contributed by atoms with E-state index in [9.17, 15) is 4.39 Å². The van der Waals surface area contributed by atoms with Crippen molar-refractivity contribution in [2.75, 3.05) is 7.11 Å². The van der Waals surface area contributed by atoms with Crippen LogP contribution in [0, 0.1) is 5.82 Å². The van der Waals surface area contributed by atoms with Crippen LogP contribution in [-0.4, -0.2) is 12.7 Å². The fourth-order valence-electron chi connectivity index (χ4n) is 3.74. The van der Waals surface area contributed by atoms with E-state index in [1.165, 1.54) is 56.2 Å². The van der Waals surface area contributed by atoms with Gasteiger partial charge in [-0.2, -0.15) is 0 Å². The molecule has 0 radical (unpaired) electrons. The van der Waals surface area contributed by atoms with Crippen LogP contribution in [0.15, 0.2) is 48.5 Å². The lowest BCUT2D eigenvalue weighted by Gasteiger charge is -2.34. The third-order valence-electron chi connectivity index (χ3n) is 5.70. The first-order valence-electron chi connectivity index (χ1n) is 10.4. The molecule has 148 valence electrons. The van der Waals surface area contributed by atoms with Crippen LogP contribution in [0.5, 0.6) is 0 Å². The van der Waals surface area contributed by atoms with Crippen molar-refractivity contribution in [2.24, 2.45) is 0 Å². The van der Waals surface area contributed by atoms with Crippen molar-refractivity contribution in [3.8, 4) is 11.1 Å². The van der Waals surface area contributed by atoms with Gasteiger partial charge in [0.2, 0.25) is 0 Å². The molecule has 2 heteroatoms. The van der Waals surface area contributed by atoms with Crippen molar-refractivity contribution >= 4 is 0 Å². The lowest BCUT2D eigenvalue weighted by Crippen LogP contribution is -2.31. The van der Waals surface area contributed by atoms with E-state index >= 15 is 0 Å². The Morgan fingerprint density at radius 2 is 1.33 bits per heavy atom. The molecule has 2 aromatic rings. The number of rotatable bonds is 11. The van der Waals surface area contributed by atoms with E-state index in [1.807, 2.05) is 12.1 Å². The molecule has 0 spiro atoms. The first-order valence-corrected chi connectivity index (χ1v) is 10.4. The molecule has 0 aromatic heterocycles. The molecular weight excluding hydrogens is 335 g/mol. The number of unbranched alkanes of at least 4 members (excludes halogenated alkanes) is 5. The van der Waals surface area contributed by atoms with Gasteiger partial charge in [0.25, 0.3) is 0 Å². The molecular formula is C25H35FO. The minimum absolute atomic E-state index is 0.194. The molecule has 0 bridgehead atoms. The minimum Gasteiger partial charge on any atom is -0.378 e. The van der Waals surface area contributed by atoms with Gasteiger partial charge in [-0.3, -0.25) is 0 Å². The maximum Gasteiger partial charge on any atom is 0.123 e. The average molecular weight is 371 g/mol. The van der Waals surface area contributed by atoms with E-state index in [0.29, 0.717) is 5.92 Å². The zero-order chi connectivity index (χ0) is 19.7. The van der Waals surface area contributed by atoms with Crippen LogP contribution >= 0.6 is 0 Å². The molecule has 1 nitrogen and oxygen atoms in total. The number of halogens is 1. The van der Waals surface area contributed by atoms with Gasteiger partial charge in [0.1, 0.15) is 5.82 Å². The second-order valence-electron chi connectivity index (χ2n) is 8.05. The first-order chi connectivity index (χ1) is 13.0. The average Bonchev–Trinajstić information content (AvgIpc) is 2.68. The summed E-state index contributed by atoms with van der Waals surface area (Å²) >= 11 is 0. The monoisotopic (exact) mass is 370 g/mol. The Balaban J connectivity index is 2.07. The third-order valence-corrected chi connectivity index (χ3v) is 5.70. The zero-order valence-electron chi connectivity index (χ0n) is 17.4. The zero-order valence-corrected chi connectivity index (χ0v) is 17.4. The van der Waals surface area contributed by atoms with E-state index in [-0.39, 0.29) is 11.4 Å². The van der Waals surface area contributed by atoms with Gasteiger partial charge in [-0.05, 0) is 49.1 Å². The van der Waals surface area contributed by atoms with Gasteiger partial charge >= 0.3 is 0 Å². The number of benzene rings is 2. The molecule has 27 heavy (non-hydrogen) atoms. The summed E-state index contributed by atoms with van der Waals surface area (Å²) in [5.41, 5.74) is 3.29. The highest BCUT2D eigenvalue weighted by Gasteiger charge is 2.30. The summed E-state index contributed by atoms with van der Waals surface area (Å²) in [5.74, 6) is 0.173. The van der Waals surface area contributed by atoms with E-state index in [1.54, 1.807) is 7.11 Å². The lowest BCUT2D eigenvalue weighted by atomic mass is 9.80. The molecule has 0 saturated heterocycles. The highest BCUT2D eigenvalue weighted by Crippen LogP contribution is 2.36. The summed E-state index contributed by atoms with van der Waals surface area (Å²) in [6.07, 6.45) is 8.99. The Bertz CT molecular complexity index is 658. The Labute approximate surface area is 165 Å². The van der Waals surface area contributed by atoms with Crippen molar-refractivity contribution in [3.05, 3.63) is 59.9 Å². The van der Waals surface area contributed by atoms with Crippen LogP contribution in [0.25, 0.3) is 11.1 Å². The molecule has 0 heterocycles. The van der Waals surface area contributed by atoms with E-state index in [2.05, 4.69) is 45.0 Å². The van der Waals surface area contributed by atoms with E-state index in [4.69, 9.17) is 4.74 Å². The fraction of sp³-hybridized carbons (Fsp3) is 0.520. The fourth-order valence-corrected chi connectivity index (χ4v) is 3.74. The molecule has 0 N–H and O–H groups in total. The standard InChI is InChI=1S/C25H35FO/c1-5-6-7-8-9-10-11-24(25(2,3)27-4)22-14-12-20(13-15-22)21-16-18-23(26)19-17-21/h12-19,24H,5-11H2,1-4H3. The van der Waals surface area contributed by atoms with E-state index < -0.39 is 0 Å². The predicted octanol–water partition coefficient (Wildman–Crippen LogP) is 7.75. The normalized spacial score (nSPS) is 12.9. The number of hydrogen-bond acceptors (Lipinski definition) is 1. The SMILES string of the molecule is CCCCCCCCC(c1ccc(-c2ccc(F)cc2)cc1)C(C)(C)OC. The van der Waals surface area contributed by atoms with Crippen molar-refractivity contribution < 1.29 is 9.13 Å². The molecule has 0 fully saturated rings. The summed E-state index contributed by atoms with van der Waals surface area (Å²) in [5, 5.41) is 0. The third kappa shape index (κ3) is 6.46. The molecule has 0 aliphatic heterocycles. The minimum atomic E-state index is -0.198. The second kappa shape index (κ2) is 10.6. The van der Waals surface area contributed by atoms with Crippen molar-refractivity contribution in [2.45, 2.75) is 77.2 Å². The van der Waals surface area contributed by atoms with Gasteiger partial charge in [-0.15, -0.1) is 0 Å². The Hall–Kier alpha value is -1.67. The van der Waals surface area contributed by atoms with Gasteiger partial charge in [0.15, 0.2) is 0 Å². The summed E-state index contributed by atoms with van der Waals surface area (Å²) in [6.45, 7) is 6.62. The van der Waals surface area contributed by atoms with Crippen LogP contribution in [0.4, 0.5) is 4.39 Å². The van der Waals surface area contributed by atoms with Gasteiger partial charge in [-0.25, -0.2) is 4.39 Å². The van der Waals surface area contributed by atoms with Crippen molar-refractivity contribution in [1.82, 2.24) is 0 Å². The quantitative estimate of drug-likeness (QED) is 0.367. The molecule has 1 atom stereocenters. The number of ether oxygens (including phenoxy) is 1. The largest absolute Gasteiger partial charge is 0.378 e. The predicted molar refractivity (Wildman–Crippen MR) is 114 cm³/mol. The number of hydrogen-bond donors (Lipinski definition) is 0. The van der Waals surface area contributed by atoms with Crippen LogP contribution in [-0.2, 0) is 4.74 Å². The summed E-state index contributed by atoms with van der Waals surface area (Å²) in [4.78, 5) is 0. The maximum atomic E-state index is 13.1. The maximum absolute atomic E-state index is 13.1. The van der Waals surface area contributed by atoms with Crippen molar-refractivity contribution in [1.29, 1.82) is 0 Å². The van der Waals surface area contributed by atoms with Crippen LogP contribution in [0.1, 0.15) is 77.2 Å². The summed E-state index contributed by atoms with van der Waals surface area (Å²) in [7, 11) is 1.81. The van der Waals surface area contributed by atoms with Gasteiger partial charge < -0.3 is 4.74 Å². The summed E-state index contributed by atoms with van der Waals surface area (Å²) in [6, 6.07) is 15.4. The molecule has 0 amide bonds. The van der Waals surface area contributed by atoms with Gasteiger partial charge in [0.05, 0.1) is 5.60 Å². The number of methoxy groups -OCH3 is 1. The second-order valence-corrected chi connectivity index (χ2v) is 8.05. The molecule has 0 aliphatic rings. The Morgan fingerprint density at radius 1 is 0.815 bits per heavy atom. The highest BCUT2D eigenvalue weighted by molar-refractivity contribution is 5.63. The lowest BCUT2D eigenvalue weighted by molar-refractivity contribution is -0.00449. The molecule has 0 aliphatic carbocycles. The van der Waals surface area contributed by atoms with Crippen LogP contribution in [0.3, 0.4) is 0 Å². The van der Waals surface area contributed by atoms with Gasteiger partial charge in [0, 0.05) is 13.0 Å². The van der Waals surface area contributed by atoms with Crippen molar-refractivity contribution in [3.63, 3.8) is 0 Å². The summed E-state index contributed by atoms with van der Waals surface area (Å²) < 4.78 is 19.0.